The molecule has 0 aliphatic carbocycles. The highest BCUT2D eigenvalue weighted by Gasteiger charge is 2.45. The van der Waals surface area contributed by atoms with Crippen molar-refractivity contribution in [2.75, 3.05) is 38.7 Å². The van der Waals surface area contributed by atoms with E-state index in [0.29, 0.717) is 32.8 Å². The maximum Gasteiger partial charge on any atom is 0.205 e. The van der Waals surface area contributed by atoms with Gasteiger partial charge in [0.2, 0.25) is 5.79 Å². The van der Waals surface area contributed by atoms with E-state index in [1.165, 1.54) is 6.07 Å². The number of nitrogens with one attached hydrogen (secondary N) is 2. The summed E-state index contributed by atoms with van der Waals surface area (Å²) in [5.41, 5.74) is 0.747. The van der Waals surface area contributed by atoms with E-state index in [4.69, 9.17) is 14.2 Å². The van der Waals surface area contributed by atoms with Crippen LogP contribution in [0.3, 0.4) is 0 Å². The second kappa shape index (κ2) is 12.2. The number of rotatable bonds is 16. The number of hydrogen-bond acceptors (Lipinski definition) is 7. The molecule has 9 heteroatoms. The lowest BCUT2D eigenvalue weighted by Crippen LogP contribution is -2.33. The van der Waals surface area contributed by atoms with Crippen LogP contribution < -0.4 is 14.8 Å². The van der Waals surface area contributed by atoms with Crippen molar-refractivity contribution >= 4 is 10.8 Å². The molecular weight excluding hydrogens is 411 g/mol. The van der Waals surface area contributed by atoms with Crippen LogP contribution in [0.1, 0.15) is 58.1 Å². The predicted molar refractivity (Wildman–Crippen MR) is 118 cm³/mol. The highest BCUT2D eigenvalue weighted by Crippen LogP contribution is 2.38. The van der Waals surface area contributed by atoms with E-state index < -0.39 is 22.4 Å². The summed E-state index contributed by atoms with van der Waals surface area (Å²) in [6.45, 7) is 8.94. The van der Waals surface area contributed by atoms with Gasteiger partial charge in [0.1, 0.15) is 6.61 Å². The van der Waals surface area contributed by atoms with Gasteiger partial charge in [-0.15, -0.1) is 10.8 Å². The van der Waals surface area contributed by atoms with Crippen LogP contribution in [0.4, 0.5) is 4.39 Å². The Balaban J connectivity index is 1.66. The highest BCUT2D eigenvalue weighted by atomic mass is 32.3. The maximum atomic E-state index is 13.8. The Morgan fingerprint density at radius 1 is 1.27 bits per heavy atom. The molecule has 1 aliphatic rings. The lowest BCUT2D eigenvalue weighted by molar-refractivity contribution is -0.0354. The van der Waals surface area contributed by atoms with Crippen molar-refractivity contribution in [1.82, 2.24) is 10.0 Å². The first kappa shape index (κ1) is 25.3. The summed E-state index contributed by atoms with van der Waals surface area (Å²) in [7, 11) is -2.93. The van der Waals surface area contributed by atoms with Crippen LogP contribution in [0, 0.1) is 5.82 Å². The molecule has 0 aromatic heterocycles. The van der Waals surface area contributed by atoms with Crippen LogP contribution in [0.2, 0.25) is 0 Å². The van der Waals surface area contributed by atoms with E-state index in [-0.39, 0.29) is 17.5 Å². The van der Waals surface area contributed by atoms with Crippen LogP contribution >= 0.6 is 10.8 Å². The molecule has 2 rings (SSSR count). The van der Waals surface area contributed by atoms with Crippen molar-refractivity contribution in [2.45, 2.75) is 58.3 Å². The first-order chi connectivity index (χ1) is 14.3. The maximum absolute atomic E-state index is 13.8. The average Bonchev–Trinajstić information content (AvgIpc) is 3.46. The SMILES string of the molecule is CCCOc1cc([C@H](C)NS(O)(O)CCCCCNCC2(OCC)CO2)ccc1F. The lowest BCUT2D eigenvalue weighted by atomic mass is 10.1. The number of unbranched alkanes of at least 4 members (excludes halogenated alkanes) is 2. The van der Waals surface area contributed by atoms with Crippen molar-refractivity contribution < 1.29 is 27.7 Å². The summed E-state index contributed by atoms with van der Waals surface area (Å²) < 4.78 is 53.7. The third kappa shape index (κ3) is 8.66. The van der Waals surface area contributed by atoms with Crippen LogP contribution in [0.5, 0.6) is 5.75 Å². The standard InChI is InChI=1S/C21H37FN2O5S/c1-4-12-27-20-14-18(9-10-19(20)22)17(3)24-30(25,26)13-8-6-7-11-23-15-21(16-29-21)28-5-2/h9-10,14,17,23-26H,4-8,11-13,15-16H2,1-3H3/t17-,21?/m0/s1. The number of hydrogen-bond donors (Lipinski definition) is 4. The zero-order valence-corrected chi connectivity index (χ0v) is 19.1. The third-order valence-corrected chi connectivity index (χ3v) is 6.42. The summed E-state index contributed by atoms with van der Waals surface area (Å²) in [6.07, 6.45) is 3.30. The van der Waals surface area contributed by atoms with Gasteiger partial charge in [-0.2, -0.15) is 0 Å². The summed E-state index contributed by atoms with van der Waals surface area (Å²) in [5, 5.41) is 3.32. The molecule has 0 bridgehead atoms. The van der Waals surface area contributed by atoms with Gasteiger partial charge in [-0.25, -0.2) is 9.11 Å². The van der Waals surface area contributed by atoms with Crippen LogP contribution in [-0.2, 0) is 9.47 Å². The Bertz CT molecular complexity index is 646. The monoisotopic (exact) mass is 448 g/mol. The molecule has 0 spiro atoms. The number of benzene rings is 1. The molecule has 1 unspecified atom stereocenters. The van der Waals surface area contributed by atoms with Gasteiger partial charge in [0.15, 0.2) is 11.6 Å². The molecule has 0 saturated carbocycles. The smallest absolute Gasteiger partial charge is 0.205 e. The van der Waals surface area contributed by atoms with E-state index in [1.807, 2.05) is 20.8 Å². The lowest BCUT2D eigenvalue weighted by Gasteiger charge is -2.36. The van der Waals surface area contributed by atoms with E-state index in [1.54, 1.807) is 12.1 Å². The molecule has 4 N–H and O–H groups in total. The molecule has 1 aromatic carbocycles. The van der Waals surface area contributed by atoms with Crippen molar-refractivity contribution in [1.29, 1.82) is 0 Å². The van der Waals surface area contributed by atoms with Crippen molar-refractivity contribution in [3.05, 3.63) is 29.6 Å². The van der Waals surface area contributed by atoms with Gasteiger partial charge in [-0.3, -0.25) is 9.11 Å². The van der Waals surface area contributed by atoms with Gasteiger partial charge in [-0.1, -0.05) is 19.4 Å². The van der Waals surface area contributed by atoms with Crippen molar-refractivity contribution in [2.24, 2.45) is 0 Å². The normalized spacial score (nSPS) is 20.2. The minimum Gasteiger partial charge on any atom is -0.491 e. The van der Waals surface area contributed by atoms with E-state index in [0.717, 1.165) is 31.4 Å². The molecule has 1 saturated heterocycles. The fourth-order valence-corrected chi connectivity index (χ4v) is 4.54. The first-order valence-electron chi connectivity index (χ1n) is 10.7. The molecule has 1 aliphatic heterocycles. The van der Waals surface area contributed by atoms with Crippen LogP contribution in [0.15, 0.2) is 18.2 Å². The molecule has 2 atom stereocenters. The molecule has 30 heavy (non-hydrogen) atoms. The zero-order chi connectivity index (χ0) is 22.0. The van der Waals surface area contributed by atoms with Crippen LogP contribution in [0.25, 0.3) is 0 Å². The number of ether oxygens (including phenoxy) is 3. The predicted octanol–water partition coefficient (Wildman–Crippen LogP) is 4.45. The Morgan fingerprint density at radius 2 is 2.03 bits per heavy atom. The first-order valence-corrected chi connectivity index (χ1v) is 12.5. The fourth-order valence-electron chi connectivity index (χ4n) is 3.11. The van der Waals surface area contributed by atoms with Crippen LogP contribution in [-0.4, -0.2) is 53.6 Å². The fraction of sp³-hybridized carbons (Fsp3) is 0.714. The second-order valence-corrected chi connectivity index (χ2v) is 9.60. The van der Waals surface area contributed by atoms with Crippen molar-refractivity contribution in [3.63, 3.8) is 0 Å². The third-order valence-electron chi connectivity index (χ3n) is 4.83. The molecule has 174 valence electrons. The molecule has 0 amide bonds. The molecule has 1 fully saturated rings. The quantitative estimate of drug-likeness (QED) is 0.219. The highest BCUT2D eigenvalue weighted by molar-refractivity contribution is 8.22. The van der Waals surface area contributed by atoms with Gasteiger partial charge < -0.3 is 19.5 Å². The second-order valence-electron chi connectivity index (χ2n) is 7.62. The molecule has 1 aromatic rings. The van der Waals surface area contributed by atoms with E-state index >= 15 is 0 Å². The largest absolute Gasteiger partial charge is 0.491 e. The minimum atomic E-state index is -2.93. The topological polar surface area (TPSA) is 95.5 Å². The summed E-state index contributed by atoms with van der Waals surface area (Å²) in [6, 6.07) is 4.25. The average molecular weight is 449 g/mol. The molecule has 7 nitrogen and oxygen atoms in total. The summed E-state index contributed by atoms with van der Waals surface area (Å²) in [5.74, 6) is -0.370. The molecule has 0 radical (unpaired) electrons. The molecule has 1 heterocycles. The van der Waals surface area contributed by atoms with Gasteiger partial charge in [-0.05, 0) is 57.4 Å². The molecular formula is C21H37FN2O5S. The Kier molecular flexibility index (Phi) is 10.3. The Morgan fingerprint density at radius 3 is 2.70 bits per heavy atom. The Labute approximate surface area is 181 Å². The van der Waals surface area contributed by atoms with Gasteiger partial charge in [0, 0.05) is 12.6 Å². The van der Waals surface area contributed by atoms with Gasteiger partial charge in [0.25, 0.3) is 0 Å². The summed E-state index contributed by atoms with van der Waals surface area (Å²) in [4.78, 5) is 0. The van der Waals surface area contributed by atoms with E-state index in [9.17, 15) is 13.5 Å². The summed E-state index contributed by atoms with van der Waals surface area (Å²) >= 11 is 0. The number of epoxide rings is 1. The zero-order valence-electron chi connectivity index (χ0n) is 18.3. The Hall–Kier alpha value is -0.940. The van der Waals surface area contributed by atoms with Gasteiger partial charge in [0.05, 0.1) is 18.9 Å². The van der Waals surface area contributed by atoms with Gasteiger partial charge >= 0.3 is 0 Å². The van der Waals surface area contributed by atoms with Crippen molar-refractivity contribution in [3.8, 4) is 5.75 Å². The van der Waals surface area contributed by atoms with E-state index in [2.05, 4.69) is 10.0 Å². The number of halogens is 1. The minimum absolute atomic E-state index is 0.190.